The number of allylic oxidation sites excluding steroid dienone is 1. The number of hydrogen-bond donors (Lipinski definition) is 3. The molecule has 7 nitrogen and oxygen atoms in total. The third-order valence-corrected chi connectivity index (χ3v) is 6.00. The highest BCUT2D eigenvalue weighted by molar-refractivity contribution is 7.18. The molecule has 2 aromatic heterocycles. The van der Waals surface area contributed by atoms with Crippen molar-refractivity contribution in [2.75, 3.05) is 5.32 Å². The van der Waals surface area contributed by atoms with E-state index < -0.39 is 0 Å². The highest BCUT2D eigenvalue weighted by Gasteiger charge is 2.12. The maximum absolute atomic E-state index is 12.5. The molecule has 0 saturated carbocycles. The SMILES string of the molecule is O=C(Nc1nnc(-c2ccc(O)c(O)c2)s1)c1ccc(/C=C/C(=O)c2cccs2)cc1. The van der Waals surface area contributed by atoms with E-state index in [0.29, 0.717) is 26.1 Å². The topological polar surface area (TPSA) is 112 Å². The van der Waals surface area contributed by atoms with Gasteiger partial charge in [-0.1, -0.05) is 35.6 Å². The molecule has 0 fully saturated rings. The lowest BCUT2D eigenvalue weighted by atomic mass is 10.1. The molecule has 1 amide bonds. The zero-order valence-electron chi connectivity index (χ0n) is 15.9. The summed E-state index contributed by atoms with van der Waals surface area (Å²) in [6.45, 7) is 0. The lowest BCUT2D eigenvalue weighted by molar-refractivity contribution is 0.102. The molecule has 0 bridgehead atoms. The lowest BCUT2D eigenvalue weighted by Crippen LogP contribution is -2.11. The number of ketones is 1. The van der Waals surface area contributed by atoms with Crippen LogP contribution >= 0.6 is 22.7 Å². The number of rotatable bonds is 6. The molecular formula is C22H15N3O4S2. The first-order chi connectivity index (χ1) is 15.0. The fraction of sp³-hybridized carbons (Fsp3) is 0. The summed E-state index contributed by atoms with van der Waals surface area (Å²) >= 11 is 2.53. The number of phenols is 2. The Morgan fingerprint density at radius 2 is 1.77 bits per heavy atom. The number of benzene rings is 2. The predicted molar refractivity (Wildman–Crippen MR) is 121 cm³/mol. The van der Waals surface area contributed by atoms with Gasteiger partial charge in [0.2, 0.25) is 5.13 Å². The molecule has 0 aliphatic rings. The maximum Gasteiger partial charge on any atom is 0.257 e. The van der Waals surface area contributed by atoms with Crippen molar-refractivity contribution in [1.82, 2.24) is 10.2 Å². The largest absolute Gasteiger partial charge is 0.504 e. The minimum atomic E-state index is -0.346. The summed E-state index contributed by atoms with van der Waals surface area (Å²) in [5.74, 6) is -0.896. The fourth-order valence-corrected chi connectivity index (χ4v) is 4.01. The van der Waals surface area contributed by atoms with Crippen molar-refractivity contribution in [2.45, 2.75) is 0 Å². The first-order valence-electron chi connectivity index (χ1n) is 9.03. The van der Waals surface area contributed by atoms with Crippen molar-refractivity contribution in [3.05, 3.63) is 82.1 Å². The number of carbonyl (C=O) groups is 2. The van der Waals surface area contributed by atoms with E-state index in [0.717, 1.165) is 16.9 Å². The minimum Gasteiger partial charge on any atom is -0.504 e. The van der Waals surface area contributed by atoms with Crippen LogP contribution in [-0.2, 0) is 0 Å². The van der Waals surface area contributed by atoms with Crippen LogP contribution in [0, 0.1) is 0 Å². The fourth-order valence-electron chi connectivity index (χ4n) is 2.63. The van der Waals surface area contributed by atoms with E-state index in [9.17, 15) is 19.8 Å². The average molecular weight is 450 g/mol. The predicted octanol–water partition coefficient (Wildman–Crippen LogP) is 4.83. The summed E-state index contributed by atoms with van der Waals surface area (Å²) in [6, 6.07) is 14.7. The summed E-state index contributed by atoms with van der Waals surface area (Å²) in [5, 5.41) is 32.3. The van der Waals surface area contributed by atoms with E-state index in [1.807, 2.05) is 11.4 Å². The minimum absolute atomic E-state index is 0.0640. The molecule has 0 atom stereocenters. The van der Waals surface area contributed by atoms with Crippen LogP contribution in [0.2, 0.25) is 0 Å². The van der Waals surface area contributed by atoms with E-state index >= 15 is 0 Å². The first-order valence-corrected chi connectivity index (χ1v) is 10.7. The highest BCUT2D eigenvalue weighted by Crippen LogP contribution is 2.33. The Morgan fingerprint density at radius 3 is 2.48 bits per heavy atom. The van der Waals surface area contributed by atoms with Gasteiger partial charge < -0.3 is 10.2 Å². The zero-order chi connectivity index (χ0) is 21.8. The van der Waals surface area contributed by atoms with Gasteiger partial charge in [0.25, 0.3) is 5.91 Å². The van der Waals surface area contributed by atoms with Crippen molar-refractivity contribution in [1.29, 1.82) is 0 Å². The van der Waals surface area contributed by atoms with Crippen LogP contribution in [0.1, 0.15) is 25.6 Å². The summed E-state index contributed by atoms with van der Waals surface area (Å²) in [6.07, 6.45) is 3.21. The van der Waals surface area contributed by atoms with Gasteiger partial charge in [-0.3, -0.25) is 14.9 Å². The second-order valence-electron chi connectivity index (χ2n) is 6.37. The summed E-state index contributed by atoms with van der Waals surface area (Å²) in [5.41, 5.74) is 1.80. The number of anilines is 1. The number of amides is 1. The average Bonchev–Trinajstić information content (AvgIpc) is 3.47. The highest BCUT2D eigenvalue weighted by atomic mass is 32.1. The molecule has 0 spiro atoms. The molecule has 0 unspecified atom stereocenters. The van der Waals surface area contributed by atoms with Gasteiger partial charge in [-0.05, 0) is 53.4 Å². The molecule has 154 valence electrons. The standard InChI is InChI=1S/C22H15N3O4S2/c26-16-10-8-15(12-18(16)28)21-24-25-22(31-21)23-20(29)14-6-3-13(4-7-14)5-9-17(27)19-2-1-11-30-19/h1-12,26,28H,(H,23,25,29)/b9-5+. The van der Waals surface area contributed by atoms with Crippen LogP contribution in [0.15, 0.2) is 66.1 Å². The molecule has 31 heavy (non-hydrogen) atoms. The van der Waals surface area contributed by atoms with Crippen LogP contribution in [0.5, 0.6) is 11.5 Å². The molecule has 3 N–H and O–H groups in total. The van der Waals surface area contributed by atoms with Gasteiger partial charge in [0, 0.05) is 11.1 Å². The second kappa shape index (κ2) is 8.90. The van der Waals surface area contributed by atoms with Crippen molar-refractivity contribution >= 4 is 45.6 Å². The molecular weight excluding hydrogens is 434 g/mol. The number of phenolic OH excluding ortho intramolecular Hbond substituents is 2. The van der Waals surface area contributed by atoms with Gasteiger partial charge in [0.1, 0.15) is 5.01 Å². The Bertz CT molecular complexity index is 1260. The third-order valence-electron chi connectivity index (χ3n) is 4.23. The van der Waals surface area contributed by atoms with Gasteiger partial charge in [0.05, 0.1) is 4.88 Å². The zero-order valence-corrected chi connectivity index (χ0v) is 17.5. The quantitative estimate of drug-likeness (QED) is 0.221. The number of aromatic nitrogens is 2. The first kappa shape index (κ1) is 20.5. The number of carbonyl (C=O) groups excluding carboxylic acids is 2. The van der Waals surface area contributed by atoms with Gasteiger partial charge in [-0.25, -0.2) is 0 Å². The summed E-state index contributed by atoms with van der Waals surface area (Å²) in [4.78, 5) is 25.2. The summed E-state index contributed by atoms with van der Waals surface area (Å²) < 4.78 is 0. The van der Waals surface area contributed by atoms with E-state index in [1.54, 1.807) is 42.5 Å². The Balaban J connectivity index is 1.40. The molecule has 2 heterocycles. The van der Waals surface area contributed by atoms with Crippen LogP contribution in [0.25, 0.3) is 16.6 Å². The number of nitrogens with zero attached hydrogens (tertiary/aromatic N) is 2. The van der Waals surface area contributed by atoms with Crippen LogP contribution in [-0.4, -0.2) is 32.1 Å². The Morgan fingerprint density at radius 1 is 0.968 bits per heavy atom. The summed E-state index contributed by atoms with van der Waals surface area (Å²) in [7, 11) is 0. The molecule has 0 aliphatic heterocycles. The van der Waals surface area contributed by atoms with Gasteiger partial charge >= 0.3 is 0 Å². The molecule has 4 rings (SSSR count). The lowest BCUT2D eigenvalue weighted by Gasteiger charge is -2.02. The Labute approximate surface area is 185 Å². The Kier molecular flexibility index (Phi) is 5.87. The van der Waals surface area contributed by atoms with Crippen molar-refractivity contribution in [3.8, 4) is 22.1 Å². The van der Waals surface area contributed by atoms with E-state index in [-0.39, 0.29) is 23.2 Å². The number of nitrogens with one attached hydrogen (secondary N) is 1. The van der Waals surface area contributed by atoms with Gasteiger partial charge in [0.15, 0.2) is 17.3 Å². The van der Waals surface area contributed by atoms with Crippen LogP contribution in [0.4, 0.5) is 5.13 Å². The van der Waals surface area contributed by atoms with Crippen LogP contribution < -0.4 is 5.32 Å². The number of hydrogen-bond acceptors (Lipinski definition) is 8. The molecule has 4 aromatic rings. The van der Waals surface area contributed by atoms with E-state index in [4.69, 9.17) is 0 Å². The molecule has 2 aromatic carbocycles. The van der Waals surface area contributed by atoms with E-state index in [2.05, 4.69) is 15.5 Å². The monoisotopic (exact) mass is 449 g/mol. The maximum atomic E-state index is 12.5. The smallest absolute Gasteiger partial charge is 0.257 e. The molecule has 0 saturated heterocycles. The van der Waals surface area contributed by atoms with Crippen molar-refractivity contribution < 1.29 is 19.8 Å². The third kappa shape index (κ3) is 4.85. The molecule has 9 heteroatoms. The normalized spacial score (nSPS) is 11.0. The number of thiophene rings is 1. The van der Waals surface area contributed by atoms with Gasteiger partial charge in [-0.2, -0.15) is 0 Å². The van der Waals surface area contributed by atoms with E-state index in [1.165, 1.54) is 29.5 Å². The Hall–Kier alpha value is -3.82. The molecule has 0 radical (unpaired) electrons. The van der Waals surface area contributed by atoms with Crippen LogP contribution in [0.3, 0.4) is 0 Å². The second-order valence-corrected chi connectivity index (χ2v) is 8.29. The van der Waals surface area contributed by atoms with Crippen molar-refractivity contribution in [3.63, 3.8) is 0 Å². The molecule has 0 aliphatic carbocycles. The number of aromatic hydroxyl groups is 2. The van der Waals surface area contributed by atoms with Crippen molar-refractivity contribution in [2.24, 2.45) is 0 Å². The van der Waals surface area contributed by atoms with Gasteiger partial charge in [-0.15, -0.1) is 21.5 Å².